The summed E-state index contributed by atoms with van der Waals surface area (Å²) in [4.78, 5) is 26.8. The van der Waals surface area contributed by atoms with Crippen molar-refractivity contribution in [1.82, 2.24) is 25.2 Å². The van der Waals surface area contributed by atoms with E-state index in [9.17, 15) is 14.0 Å². The van der Waals surface area contributed by atoms with E-state index < -0.39 is 12.2 Å². The van der Waals surface area contributed by atoms with Crippen LogP contribution in [0.2, 0.25) is 0 Å². The highest BCUT2D eigenvalue weighted by Gasteiger charge is 2.32. The van der Waals surface area contributed by atoms with E-state index in [1.165, 1.54) is 15.9 Å². The first-order valence-corrected chi connectivity index (χ1v) is 8.99. The first kappa shape index (κ1) is 21.8. The van der Waals surface area contributed by atoms with Crippen molar-refractivity contribution in [3.05, 3.63) is 42.2 Å². The number of aromatic nitrogens is 3. The number of rotatable bonds is 8. The summed E-state index contributed by atoms with van der Waals surface area (Å²) in [5.74, 6) is -0.502. The fourth-order valence-electron chi connectivity index (χ4n) is 2.80. The van der Waals surface area contributed by atoms with Crippen LogP contribution in [0.5, 0.6) is 0 Å². The lowest BCUT2D eigenvalue weighted by atomic mass is 10.1. The Kier molecular flexibility index (Phi) is 7.89. The number of amides is 2. The van der Waals surface area contributed by atoms with Crippen molar-refractivity contribution in [1.29, 1.82) is 0 Å². The van der Waals surface area contributed by atoms with Crippen LogP contribution in [0.1, 0.15) is 29.8 Å². The molecule has 1 saturated heterocycles. The number of alkyl halides is 1. The van der Waals surface area contributed by atoms with Gasteiger partial charge in [-0.3, -0.25) is 9.59 Å². The molecule has 0 radical (unpaired) electrons. The number of nitrogens with two attached hydrogens (primary N) is 1. The Bertz CT molecular complexity index is 781. The molecular formula is C18H24ClFN6O2. The fourth-order valence-corrected chi connectivity index (χ4v) is 2.80. The lowest BCUT2D eigenvalue weighted by Crippen LogP contribution is -2.56. The molecule has 1 aromatic carbocycles. The summed E-state index contributed by atoms with van der Waals surface area (Å²) in [6.45, 7) is 0.743. The molecule has 0 bridgehead atoms. The molecule has 3 rings (SSSR count). The second kappa shape index (κ2) is 10.1. The Morgan fingerprint density at radius 2 is 1.96 bits per heavy atom. The van der Waals surface area contributed by atoms with E-state index >= 15 is 0 Å². The number of hydrogen-bond acceptors (Lipinski definition) is 5. The summed E-state index contributed by atoms with van der Waals surface area (Å²) in [6, 6.07) is 8.71. The van der Waals surface area contributed by atoms with Gasteiger partial charge in [-0.05, 0) is 31.4 Å². The number of carbonyl (C=O) groups excluding carboxylic acids is 2. The molecule has 8 nitrogen and oxygen atoms in total. The Morgan fingerprint density at radius 3 is 2.64 bits per heavy atom. The van der Waals surface area contributed by atoms with E-state index in [0.717, 1.165) is 5.69 Å². The minimum Gasteiger partial charge on any atom is -0.351 e. The maximum absolute atomic E-state index is 12.8. The third-order valence-corrected chi connectivity index (χ3v) is 4.40. The van der Waals surface area contributed by atoms with Crippen LogP contribution in [0.4, 0.5) is 4.39 Å². The van der Waals surface area contributed by atoms with E-state index in [4.69, 9.17) is 5.73 Å². The SMILES string of the molecule is Cl.N[C@@H](CCCCNC(=O)c1cnn(-c2ccccc2)n1)C(=O)N1CC(F)C1. The molecule has 0 saturated carbocycles. The third kappa shape index (κ3) is 5.49. The predicted molar refractivity (Wildman–Crippen MR) is 104 cm³/mol. The highest BCUT2D eigenvalue weighted by atomic mass is 35.5. The second-order valence-corrected chi connectivity index (χ2v) is 6.55. The van der Waals surface area contributed by atoms with Gasteiger partial charge in [-0.15, -0.1) is 17.5 Å². The number of hydrogen-bond donors (Lipinski definition) is 2. The molecule has 2 aromatic rings. The highest BCUT2D eigenvalue weighted by Crippen LogP contribution is 2.13. The van der Waals surface area contributed by atoms with Crippen molar-refractivity contribution in [2.45, 2.75) is 31.5 Å². The fraction of sp³-hybridized carbons (Fsp3) is 0.444. The maximum Gasteiger partial charge on any atom is 0.273 e. The third-order valence-electron chi connectivity index (χ3n) is 4.40. The van der Waals surface area contributed by atoms with Crippen LogP contribution in [0, 0.1) is 0 Å². The van der Waals surface area contributed by atoms with Crippen LogP contribution < -0.4 is 11.1 Å². The van der Waals surface area contributed by atoms with Gasteiger partial charge in [-0.2, -0.15) is 9.90 Å². The molecule has 0 aliphatic carbocycles. The summed E-state index contributed by atoms with van der Waals surface area (Å²) in [5.41, 5.74) is 6.86. The Morgan fingerprint density at radius 1 is 1.25 bits per heavy atom. The zero-order valence-corrected chi connectivity index (χ0v) is 16.1. The van der Waals surface area contributed by atoms with Gasteiger partial charge >= 0.3 is 0 Å². The van der Waals surface area contributed by atoms with Crippen molar-refractivity contribution in [2.75, 3.05) is 19.6 Å². The Hall–Kier alpha value is -2.52. The Balaban J connectivity index is 0.00000280. The first-order chi connectivity index (χ1) is 13.0. The van der Waals surface area contributed by atoms with Crippen LogP contribution in [-0.2, 0) is 4.79 Å². The van der Waals surface area contributed by atoms with Crippen molar-refractivity contribution >= 4 is 24.2 Å². The van der Waals surface area contributed by atoms with Crippen molar-refractivity contribution in [3.8, 4) is 5.69 Å². The van der Waals surface area contributed by atoms with E-state index in [2.05, 4.69) is 15.5 Å². The van der Waals surface area contributed by atoms with Crippen LogP contribution in [0.25, 0.3) is 5.69 Å². The second-order valence-electron chi connectivity index (χ2n) is 6.55. The standard InChI is InChI=1S/C18H23FN6O2.ClH/c19-13-11-24(12-13)18(27)15(20)8-4-5-9-21-17(26)16-10-22-25(23-16)14-6-2-1-3-7-14;/h1-3,6-7,10,13,15H,4-5,8-9,11-12,20H2,(H,21,26);1H/t15-;/m0./s1. The van der Waals surface area contributed by atoms with Gasteiger partial charge in [0, 0.05) is 6.54 Å². The average Bonchev–Trinajstić information content (AvgIpc) is 3.15. The molecule has 1 aromatic heterocycles. The zero-order chi connectivity index (χ0) is 19.2. The predicted octanol–water partition coefficient (Wildman–Crippen LogP) is 1.10. The molecule has 1 fully saturated rings. The van der Waals surface area contributed by atoms with E-state index in [1.807, 2.05) is 30.3 Å². The molecule has 152 valence electrons. The molecule has 2 amide bonds. The van der Waals surface area contributed by atoms with E-state index in [-0.39, 0.29) is 43.0 Å². The molecule has 1 aliphatic heterocycles. The number of nitrogens with one attached hydrogen (secondary N) is 1. The highest BCUT2D eigenvalue weighted by molar-refractivity contribution is 5.91. The molecule has 0 unspecified atom stereocenters. The zero-order valence-electron chi connectivity index (χ0n) is 15.3. The molecular weight excluding hydrogens is 387 g/mol. The van der Waals surface area contributed by atoms with Gasteiger partial charge in [0.15, 0.2) is 5.69 Å². The van der Waals surface area contributed by atoms with Crippen LogP contribution >= 0.6 is 12.4 Å². The van der Waals surface area contributed by atoms with Crippen LogP contribution in [-0.4, -0.2) is 63.6 Å². The number of para-hydroxylation sites is 1. The number of benzene rings is 1. The van der Waals surface area contributed by atoms with Gasteiger partial charge in [0.1, 0.15) is 6.17 Å². The lowest BCUT2D eigenvalue weighted by Gasteiger charge is -2.36. The summed E-state index contributed by atoms with van der Waals surface area (Å²) in [6.07, 6.45) is 2.38. The largest absolute Gasteiger partial charge is 0.351 e. The van der Waals surface area contributed by atoms with Crippen molar-refractivity contribution in [3.63, 3.8) is 0 Å². The number of halogens is 2. The molecule has 0 spiro atoms. The van der Waals surface area contributed by atoms with Gasteiger partial charge in [0.25, 0.3) is 5.91 Å². The van der Waals surface area contributed by atoms with Crippen molar-refractivity contribution < 1.29 is 14.0 Å². The van der Waals surface area contributed by atoms with E-state index in [1.54, 1.807) is 0 Å². The molecule has 1 atom stereocenters. The molecule has 10 heteroatoms. The number of likely N-dealkylation sites (tertiary alicyclic amines) is 1. The van der Waals surface area contributed by atoms with E-state index in [0.29, 0.717) is 25.8 Å². The minimum atomic E-state index is -0.920. The summed E-state index contributed by atoms with van der Waals surface area (Å²) >= 11 is 0. The topological polar surface area (TPSA) is 106 Å². The molecule has 28 heavy (non-hydrogen) atoms. The maximum atomic E-state index is 12.8. The Labute approximate surface area is 168 Å². The molecule has 3 N–H and O–H groups in total. The number of unbranched alkanes of at least 4 members (excludes halogenated alkanes) is 1. The van der Waals surface area contributed by atoms with Gasteiger partial charge in [0.2, 0.25) is 5.91 Å². The summed E-state index contributed by atoms with van der Waals surface area (Å²) in [5, 5.41) is 11.0. The smallest absolute Gasteiger partial charge is 0.273 e. The molecule has 1 aliphatic rings. The average molecular weight is 411 g/mol. The monoisotopic (exact) mass is 410 g/mol. The first-order valence-electron chi connectivity index (χ1n) is 8.99. The molecule has 2 heterocycles. The minimum absolute atomic E-state index is 0. The lowest BCUT2D eigenvalue weighted by molar-refractivity contribution is -0.139. The van der Waals surface area contributed by atoms with Gasteiger partial charge < -0.3 is 16.0 Å². The normalized spacial score (nSPS) is 14.7. The summed E-state index contributed by atoms with van der Waals surface area (Å²) in [7, 11) is 0. The van der Waals surface area contributed by atoms with Crippen LogP contribution in [0.15, 0.2) is 36.5 Å². The number of carbonyl (C=O) groups is 2. The van der Waals surface area contributed by atoms with Gasteiger partial charge in [-0.1, -0.05) is 18.2 Å². The van der Waals surface area contributed by atoms with Gasteiger partial charge in [-0.25, -0.2) is 4.39 Å². The summed E-state index contributed by atoms with van der Waals surface area (Å²) < 4.78 is 12.8. The quantitative estimate of drug-likeness (QED) is 0.634. The van der Waals surface area contributed by atoms with Gasteiger partial charge in [0.05, 0.1) is 31.0 Å². The van der Waals surface area contributed by atoms with Crippen molar-refractivity contribution in [2.24, 2.45) is 5.73 Å². The number of nitrogens with zero attached hydrogens (tertiary/aromatic N) is 4. The van der Waals surface area contributed by atoms with Crippen LogP contribution in [0.3, 0.4) is 0 Å².